The van der Waals surface area contributed by atoms with E-state index in [1.54, 1.807) is 0 Å². The maximum absolute atomic E-state index is 11.0. The standard InChI is InChI=1S/C38H45N3O2/c1-7-40-32-18-14-13-17-29(32)37(2,3)34(40)20-10-8-11-21-35-38(4,5)30-27-28(31-19-16-25-39(31)6)23-24-33(30)41(35)26-15-9-12-22-36(42)43/h8,10-11,13-14,16-21,23-25,27H,7,9,12,15,22,26H2,1-6H3/p+1. The van der Waals surface area contributed by atoms with Gasteiger partial charge in [-0.25, -0.2) is 0 Å². The van der Waals surface area contributed by atoms with Crippen molar-refractivity contribution in [3.63, 3.8) is 0 Å². The Bertz CT molecular complexity index is 1630. The van der Waals surface area contributed by atoms with E-state index in [1.165, 1.54) is 45.2 Å². The maximum Gasteiger partial charge on any atom is 0.303 e. The number of likely N-dealkylation sites (N-methyl/N-ethyl adjacent to an activating group) is 1. The number of aryl methyl sites for hydroxylation is 1. The minimum absolute atomic E-state index is 0.0437. The van der Waals surface area contributed by atoms with Crippen LogP contribution in [0.5, 0.6) is 0 Å². The molecule has 1 N–H and O–H groups in total. The molecule has 0 radical (unpaired) electrons. The number of nitrogens with zero attached hydrogens (tertiary/aromatic N) is 3. The van der Waals surface area contributed by atoms with E-state index in [1.807, 2.05) is 0 Å². The molecule has 224 valence electrons. The van der Waals surface area contributed by atoms with E-state index >= 15 is 0 Å². The number of carboxylic acid groups (broad SMARTS) is 1. The third kappa shape index (κ3) is 5.78. The summed E-state index contributed by atoms with van der Waals surface area (Å²) in [7, 11) is 2.09. The van der Waals surface area contributed by atoms with Gasteiger partial charge in [-0.2, -0.15) is 4.58 Å². The number of carbonyl (C=O) groups is 1. The molecule has 5 nitrogen and oxygen atoms in total. The van der Waals surface area contributed by atoms with Crippen LogP contribution in [0.25, 0.3) is 11.3 Å². The molecule has 0 unspecified atom stereocenters. The first-order chi connectivity index (χ1) is 20.6. The highest BCUT2D eigenvalue weighted by atomic mass is 16.4. The van der Waals surface area contributed by atoms with Crippen molar-refractivity contribution in [2.75, 3.05) is 18.0 Å². The summed E-state index contributed by atoms with van der Waals surface area (Å²) < 4.78 is 4.61. The molecule has 2 aromatic carbocycles. The molecule has 3 aromatic rings. The van der Waals surface area contributed by atoms with Crippen molar-refractivity contribution in [2.45, 2.75) is 71.1 Å². The van der Waals surface area contributed by atoms with E-state index in [4.69, 9.17) is 5.11 Å². The molecule has 43 heavy (non-hydrogen) atoms. The second kappa shape index (κ2) is 12.2. The molecule has 3 heterocycles. The summed E-state index contributed by atoms with van der Waals surface area (Å²) in [6.45, 7) is 13.3. The van der Waals surface area contributed by atoms with E-state index in [0.717, 1.165) is 25.9 Å². The zero-order valence-corrected chi connectivity index (χ0v) is 26.6. The fourth-order valence-corrected chi connectivity index (χ4v) is 6.90. The number of aromatic nitrogens is 1. The Labute approximate surface area is 257 Å². The molecule has 0 saturated carbocycles. The Balaban J connectivity index is 1.43. The topological polar surface area (TPSA) is 48.5 Å². The van der Waals surface area contributed by atoms with Gasteiger partial charge in [0.2, 0.25) is 5.69 Å². The predicted octanol–water partition coefficient (Wildman–Crippen LogP) is 8.53. The molecule has 0 amide bonds. The fourth-order valence-electron chi connectivity index (χ4n) is 6.90. The lowest BCUT2D eigenvalue weighted by atomic mass is 9.80. The predicted molar refractivity (Wildman–Crippen MR) is 179 cm³/mol. The van der Waals surface area contributed by atoms with Crippen LogP contribution in [0, 0.1) is 0 Å². The van der Waals surface area contributed by atoms with Crippen molar-refractivity contribution in [3.05, 3.63) is 108 Å². The highest BCUT2D eigenvalue weighted by Gasteiger charge is 2.44. The molecule has 5 heteroatoms. The Morgan fingerprint density at radius 1 is 0.907 bits per heavy atom. The highest BCUT2D eigenvalue weighted by Crippen LogP contribution is 2.47. The fraction of sp³-hybridized carbons (Fsp3) is 0.368. The van der Waals surface area contributed by atoms with Gasteiger partial charge in [0.1, 0.15) is 6.54 Å². The number of anilines is 1. The number of hydrogen-bond acceptors (Lipinski definition) is 2. The molecule has 2 aliphatic heterocycles. The molecule has 0 saturated heterocycles. The molecule has 1 aromatic heterocycles. The summed E-state index contributed by atoms with van der Waals surface area (Å²) in [5.74, 6) is -0.718. The van der Waals surface area contributed by atoms with Crippen LogP contribution >= 0.6 is 0 Å². The number of rotatable bonds is 11. The van der Waals surface area contributed by atoms with Crippen molar-refractivity contribution in [1.29, 1.82) is 0 Å². The van der Waals surface area contributed by atoms with E-state index < -0.39 is 5.97 Å². The number of hydrogen-bond donors (Lipinski definition) is 1. The van der Waals surface area contributed by atoms with Crippen molar-refractivity contribution in [2.24, 2.45) is 7.05 Å². The van der Waals surface area contributed by atoms with Gasteiger partial charge in [0.05, 0.1) is 5.41 Å². The summed E-state index contributed by atoms with van der Waals surface area (Å²) in [6.07, 6.45) is 15.9. The van der Waals surface area contributed by atoms with Gasteiger partial charge in [-0.15, -0.1) is 0 Å². The monoisotopic (exact) mass is 576 g/mol. The Morgan fingerprint density at radius 2 is 1.70 bits per heavy atom. The van der Waals surface area contributed by atoms with Crippen LogP contribution in [-0.4, -0.2) is 39.0 Å². The average Bonchev–Trinajstić information content (AvgIpc) is 3.56. The maximum atomic E-state index is 11.0. The van der Waals surface area contributed by atoms with E-state index in [0.29, 0.717) is 6.42 Å². The Morgan fingerprint density at radius 3 is 2.42 bits per heavy atom. The molecule has 2 aliphatic rings. The van der Waals surface area contributed by atoms with Crippen molar-refractivity contribution in [3.8, 4) is 11.3 Å². The van der Waals surface area contributed by atoms with Gasteiger partial charge < -0.3 is 14.6 Å². The van der Waals surface area contributed by atoms with Gasteiger partial charge in [0, 0.05) is 72.8 Å². The van der Waals surface area contributed by atoms with Crippen LogP contribution in [0.4, 0.5) is 11.4 Å². The third-order valence-electron chi connectivity index (χ3n) is 9.25. The zero-order valence-electron chi connectivity index (χ0n) is 26.6. The van der Waals surface area contributed by atoms with E-state index in [-0.39, 0.29) is 17.3 Å². The first-order valence-corrected chi connectivity index (χ1v) is 15.6. The smallest absolute Gasteiger partial charge is 0.303 e. The van der Waals surface area contributed by atoms with Crippen LogP contribution in [0.3, 0.4) is 0 Å². The van der Waals surface area contributed by atoms with Gasteiger partial charge in [-0.1, -0.05) is 50.3 Å². The lowest BCUT2D eigenvalue weighted by Gasteiger charge is -2.25. The number of allylic oxidation sites excluding steroid dienone is 6. The van der Waals surface area contributed by atoms with Gasteiger partial charge in [-0.3, -0.25) is 4.79 Å². The van der Waals surface area contributed by atoms with E-state index in [2.05, 4.69) is 147 Å². The normalized spacial score (nSPS) is 17.9. The van der Waals surface area contributed by atoms with Crippen LogP contribution in [-0.2, 0) is 22.7 Å². The molecule has 5 rings (SSSR count). The van der Waals surface area contributed by atoms with Gasteiger partial charge in [0.25, 0.3) is 0 Å². The largest absolute Gasteiger partial charge is 0.481 e. The van der Waals surface area contributed by atoms with E-state index in [9.17, 15) is 4.79 Å². The SMILES string of the molecule is CCN1/C(=C/C=C/C=C/C2=[N+](CCCCCC(=O)O)c3ccc(-c4cccn4C)cc3C2(C)C)C(C)(C)c2ccccc21. The summed E-state index contributed by atoms with van der Waals surface area (Å²) >= 11 is 0. The van der Waals surface area contributed by atoms with Crippen molar-refractivity contribution >= 4 is 23.1 Å². The van der Waals surface area contributed by atoms with Crippen molar-refractivity contribution in [1.82, 2.24) is 4.57 Å². The first-order valence-electron chi connectivity index (χ1n) is 15.6. The minimum atomic E-state index is -0.718. The van der Waals surface area contributed by atoms with Crippen molar-refractivity contribution < 1.29 is 14.5 Å². The summed E-state index contributed by atoms with van der Waals surface area (Å²) in [4.78, 5) is 13.4. The molecular formula is C38H46N3O2+. The molecule has 0 bridgehead atoms. The number of benzene rings is 2. The Hall–Kier alpha value is -4.12. The summed E-state index contributed by atoms with van der Waals surface area (Å²) in [5, 5.41) is 9.06. The quantitative estimate of drug-likeness (QED) is 0.141. The van der Waals surface area contributed by atoms with Crippen LogP contribution < -0.4 is 4.90 Å². The second-order valence-corrected chi connectivity index (χ2v) is 12.8. The average molecular weight is 577 g/mol. The molecule has 0 atom stereocenters. The number of fused-ring (bicyclic) bond motifs is 2. The van der Waals surface area contributed by atoms with Gasteiger partial charge in [0.15, 0.2) is 5.71 Å². The van der Waals surface area contributed by atoms with Crippen LogP contribution in [0.1, 0.15) is 71.4 Å². The summed E-state index contributed by atoms with van der Waals surface area (Å²) in [6, 6.07) is 19.8. The zero-order chi connectivity index (χ0) is 30.8. The van der Waals surface area contributed by atoms with Gasteiger partial charge >= 0.3 is 5.97 Å². The number of carboxylic acids is 1. The highest BCUT2D eigenvalue weighted by molar-refractivity contribution is 6.03. The molecule has 0 aliphatic carbocycles. The molecular weight excluding hydrogens is 530 g/mol. The van der Waals surface area contributed by atoms with Gasteiger partial charge in [-0.05, 0) is 81.1 Å². The molecule has 0 spiro atoms. The third-order valence-corrected chi connectivity index (χ3v) is 9.25. The van der Waals surface area contributed by atoms with Crippen LogP contribution in [0.15, 0.2) is 96.9 Å². The second-order valence-electron chi connectivity index (χ2n) is 12.8. The first kappa shape index (κ1) is 30.3. The number of aliphatic carboxylic acids is 1. The lowest BCUT2D eigenvalue weighted by Crippen LogP contribution is -2.28. The summed E-state index contributed by atoms with van der Waals surface area (Å²) in [5.41, 5.74) is 10.1. The Kier molecular flexibility index (Phi) is 8.64. The lowest BCUT2D eigenvalue weighted by molar-refractivity contribution is -0.438. The number of para-hydroxylation sites is 1. The minimum Gasteiger partial charge on any atom is -0.481 e. The van der Waals surface area contributed by atoms with Crippen LogP contribution in [0.2, 0.25) is 0 Å². The number of unbranched alkanes of at least 4 members (excludes halogenated alkanes) is 2. The molecule has 0 fully saturated rings.